The SMILES string of the molecule is CCNC(=NCC1CCCS1)NCCC1CCN(CC)CC1.I. The molecule has 0 aromatic rings. The van der Waals surface area contributed by atoms with Crippen molar-refractivity contribution in [1.82, 2.24) is 15.5 Å². The highest BCUT2D eigenvalue weighted by atomic mass is 127. The molecule has 2 aliphatic heterocycles. The monoisotopic (exact) mass is 454 g/mol. The van der Waals surface area contributed by atoms with E-state index in [0.717, 1.165) is 36.8 Å². The molecule has 0 radical (unpaired) electrons. The van der Waals surface area contributed by atoms with Gasteiger partial charge >= 0.3 is 0 Å². The Morgan fingerprint density at radius 2 is 1.96 bits per heavy atom. The lowest BCUT2D eigenvalue weighted by Gasteiger charge is -2.31. The molecule has 2 N–H and O–H groups in total. The molecule has 1 atom stereocenters. The minimum absolute atomic E-state index is 0. The summed E-state index contributed by atoms with van der Waals surface area (Å²) < 4.78 is 0. The van der Waals surface area contributed by atoms with E-state index in [-0.39, 0.29) is 24.0 Å². The highest BCUT2D eigenvalue weighted by Gasteiger charge is 2.18. The van der Waals surface area contributed by atoms with Crippen molar-refractivity contribution in [1.29, 1.82) is 0 Å². The zero-order chi connectivity index (χ0) is 15.6. The molecule has 6 heteroatoms. The van der Waals surface area contributed by atoms with E-state index in [1.165, 1.54) is 57.5 Å². The fourth-order valence-corrected chi connectivity index (χ4v) is 4.49. The number of likely N-dealkylation sites (tertiary alicyclic amines) is 1. The fraction of sp³-hybridized carbons (Fsp3) is 0.941. The summed E-state index contributed by atoms with van der Waals surface area (Å²) in [5.41, 5.74) is 0. The summed E-state index contributed by atoms with van der Waals surface area (Å²) in [6.07, 6.45) is 6.71. The summed E-state index contributed by atoms with van der Waals surface area (Å²) >= 11 is 2.08. The normalized spacial score (nSPS) is 23.6. The van der Waals surface area contributed by atoms with Gasteiger partial charge in [-0.05, 0) is 70.3 Å². The molecule has 2 saturated heterocycles. The lowest BCUT2D eigenvalue weighted by molar-refractivity contribution is 0.187. The van der Waals surface area contributed by atoms with Crippen molar-refractivity contribution in [2.45, 2.75) is 51.2 Å². The third-order valence-corrected chi connectivity index (χ3v) is 6.20. The Morgan fingerprint density at radius 1 is 1.17 bits per heavy atom. The molecule has 2 fully saturated rings. The zero-order valence-corrected chi connectivity index (χ0v) is 18.0. The van der Waals surface area contributed by atoms with Crippen LogP contribution in [0.1, 0.15) is 46.0 Å². The van der Waals surface area contributed by atoms with Gasteiger partial charge in [0.25, 0.3) is 0 Å². The van der Waals surface area contributed by atoms with Crippen molar-refractivity contribution in [2.75, 3.05) is 45.0 Å². The van der Waals surface area contributed by atoms with Crippen molar-refractivity contribution < 1.29 is 0 Å². The molecule has 0 aromatic heterocycles. The van der Waals surface area contributed by atoms with Crippen LogP contribution in [0, 0.1) is 5.92 Å². The van der Waals surface area contributed by atoms with Gasteiger partial charge in [0.05, 0.1) is 6.54 Å². The van der Waals surface area contributed by atoms with E-state index in [1.807, 2.05) is 0 Å². The molecular weight excluding hydrogens is 419 g/mol. The summed E-state index contributed by atoms with van der Waals surface area (Å²) in [5.74, 6) is 3.23. The molecule has 0 aliphatic carbocycles. The molecule has 0 aromatic carbocycles. The predicted octanol–water partition coefficient (Wildman–Crippen LogP) is 3.18. The summed E-state index contributed by atoms with van der Waals surface area (Å²) in [6.45, 7) is 11.2. The highest BCUT2D eigenvalue weighted by Crippen LogP contribution is 2.26. The first-order chi connectivity index (χ1) is 10.8. The van der Waals surface area contributed by atoms with Gasteiger partial charge in [-0.15, -0.1) is 24.0 Å². The fourth-order valence-electron chi connectivity index (χ4n) is 3.31. The Balaban J connectivity index is 0.00000264. The van der Waals surface area contributed by atoms with Crippen molar-refractivity contribution in [3.8, 4) is 0 Å². The Labute approximate surface area is 164 Å². The molecule has 136 valence electrons. The van der Waals surface area contributed by atoms with E-state index >= 15 is 0 Å². The van der Waals surface area contributed by atoms with Crippen molar-refractivity contribution in [2.24, 2.45) is 10.9 Å². The van der Waals surface area contributed by atoms with Crippen molar-refractivity contribution >= 4 is 41.7 Å². The van der Waals surface area contributed by atoms with Crippen LogP contribution >= 0.6 is 35.7 Å². The predicted molar refractivity (Wildman–Crippen MR) is 114 cm³/mol. The number of thioether (sulfide) groups is 1. The maximum atomic E-state index is 4.77. The number of nitrogens with one attached hydrogen (secondary N) is 2. The average molecular weight is 454 g/mol. The minimum Gasteiger partial charge on any atom is -0.357 e. The molecule has 0 amide bonds. The van der Waals surface area contributed by atoms with Gasteiger partial charge in [-0.2, -0.15) is 11.8 Å². The maximum Gasteiger partial charge on any atom is 0.191 e. The van der Waals surface area contributed by atoms with Gasteiger partial charge < -0.3 is 15.5 Å². The Hall–Kier alpha value is 0.310. The number of guanidine groups is 1. The number of nitrogens with zero attached hydrogens (tertiary/aromatic N) is 2. The second kappa shape index (κ2) is 12.6. The van der Waals surface area contributed by atoms with Crippen molar-refractivity contribution in [3.05, 3.63) is 0 Å². The van der Waals surface area contributed by atoms with E-state index in [9.17, 15) is 0 Å². The summed E-state index contributed by atoms with van der Waals surface area (Å²) in [5, 5.41) is 7.66. The van der Waals surface area contributed by atoms with Gasteiger partial charge in [0.1, 0.15) is 0 Å². The van der Waals surface area contributed by atoms with Crippen molar-refractivity contribution in [3.63, 3.8) is 0 Å². The summed E-state index contributed by atoms with van der Waals surface area (Å²) in [4.78, 5) is 7.33. The number of rotatable bonds is 7. The lowest BCUT2D eigenvalue weighted by atomic mass is 9.93. The first-order valence-electron chi connectivity index (χ1n) is 9.18. The molecule has 4 nitrogen and oxygen atoms in total. The smallest absolute Gasteiger partial charge is 0.191 e. The standard InChI is InChI=1S/C17H34N4S.HI/c1-3-18-17(20-14-16-6-5-13-22-16)19-10-7-15-8-11-21(4-2)12-9-15;/h15-16H,3-14H2,1-2H3,(H2,18,19,20);1H. The molecule has 23 heavy (non-hydrogen) atoms. The molecule has 2 aliphatic rings. The Bertz CT molecular complexity index is 327. The van der Waals surface area contributed by atoms with Crippen LogP contribution in [-0.4, -0.2) is 61.1 Å². The first-order valence-corrected chi connectivity index (χ1v) is 10.2. The van der Waals surface area contributed by atoms with Crippen LogP contribution in [0.3, 0.4) is 0 Å². The van der Waals surface area contributed by atoms with Gasteiger partial charge in [-0.3, -0.25) is 4.99 Å². The minimum atomic E-state index is 0. The number of piperidine rings is 1. The molecule has 1 unspecified atom stereocenters. The quantitative estimate of drug-likeness (QED) is 0.352. The van der Waals surface area contributed by atoms with E-state index in [0.29, 0.717) is 0 Å². The molecule has 2 heterocycles. The van der Waals surface area contributed by atoms with Crippen LogP contribution in [0.5, 0.6) is 0 Å². The van der Waals surface area contributed by atoms with Crippen LogP contribution < -0.4 is 10.6 Å². The van der Waals surface area contributed by atoms with Crippen LogP contribution in [0.15, 0.2) is 4.99 Å². The second-order valence-electron chi connectivity index (χ2n) is 6.45. The first kappa shape index (κ1) is 21.4. The molecule has 0 bridgehead atoms. The van der Waals surface area contributed by atoms with Gasteiger partial charge in [-0.1, -0.05) is 6.92 Å². The lowest BCUT2D eigenvalue weighted by Crippen LogP contribution is -2.39. The summed E-state index contributed by atoms with van der Waals surface area (Å²) in [6, 6.07) is 0. The molecule has 2 rings (SSSR count). The molecule has 0 saturated carbocycles. The van der Waals surface area contributed by atoms with Gasteiger partial charge in [0.2, 0.25) is 0 Å². The Morgan fingerprint density at radius 3 is 2.57 bits per heavy atom. The maximum absolute atomic E-state index is 4.77. The number of hydrogen-bond donors (Lipinski definition) is 2. The van der Waals surface area contributed by atoms with E-state index in [1.54, 1.807) is 0 Å². The van der Waals surface area contributed by atoms with E-state index in [2.05, 4.69) is 41.1 Å². The van der Waals surface area contributed by atoms with Gasteiger partial charge in [0, 0.05) is 18.3 Å². The topological polar surface area (TPSA) is 39.7 Å². The summed E-state index contributed by atoms with van der Waals surface area (Å²) in [7, 11) is 0. The highest BCUT2D eigenvalue weighted by molar-refractivity contribution is 14.0. The largest absolute Gasteiger partial charge is 0.357 e. The molecular formula is C17H35IN4S. The number of hydrogen-bond acceptors (Lipinski definition) is 3. The van der Waals surface area contributed by atoms with Crippen LogP contribution in [0.2, 0.25) is 0 Å². The van der Waals surface area contributed by atoms with Gasteiger partial charge in [-0.25, -0.2) is 0 Å². The van der Waals surface area contributed by atoms with Crippen LogP contribution in [0.25, 0.3) is 0 Å². The van der Waals surface area contributed by atoms with Gasteiger partial charge in [0.15, 0.2) is 5.96 Å². The third kappa shape index (κ3) is 8.29. The number of aliphatic imine (C=N–C) groups is 1. The third-order valence-electron chi connectivity index (χ3n) is 4.82. The molecule has 0 spiro atoms. The van der Waals surface area contributed by atoms with Crippen LogP contribution in [-0.2, 0) is 0 Å². The zero-order valence-electron chi connectivity index (χ0n) is 14.9. The Kier molecular flexibility index (Phi) is 11.7. The van der Waals surface area contributed by atoms with Crippen LogP contribution in [0.4, 0.5) is 0 Å². The second-order valence-corrected chi connectivity index (χ2v) is 7.86. The average Bonchev–Trinajstić information content (AvgIpc) is 3.06. The van der Waals surface area contributed by atoms with E-state index in [4.69, 9.17) is 4.99 Å². The number of halogens is 1. The van der Waals surface area contributed by atoms with E-state index < -0.39 is 0 Å².